The van der Waals surface area contributed by atoms with E-state index in [1.165, 1.54) is 60.7 Å². The van der Waals surface area contributed by atoms with E-state index in [1.807, 2.05) is 12.4 Å². The van der Waals surface area contributed by atoms with Gasteiger partial charge in [0.2, 0.25) is 0 Å². The molecule has 3 aromatic heterocycles. The summed E-state index contributed by atoms with van der Waals surface area (Å²) < 4.78 is 2.30. The molecule has 0 amide bonds. The number of aromatic nitrogens is 3. The molecule has 3 nitrogen and oxygen atoms in total. The van der Waals surface area contributed by atoms with Gasteiger partial charge in [-0.25, -0.2) is 4.98 Å². The molecule has 2 aliphatic carbocycles. The third-order valence-electron chi connectivity index (χ3n) is 8.17. The third kappa shape index (κ3) is 2.12. The van der Waals surface area contributed by atoms with Crippen LogP contribution in [0.1, 0.15) is 22.3 Å². The molecule has 0 radical (unpaired) electrons. The van der Waals surface area contributed by atoms with Crippen LogP contribution in [0.15, 0.2) is 91.3 Å². The van der Waals surface area contributed by atoms with Crippen molar-refractivity contribution in [3.63, 3.8) is 0 Å². The van der Waals surface area contributed by atoms with Crippen molar-refractivity contribution < 1.29 is 0 Å². The van der Waals surface area contributed by atoms with Gasteiger partial charge in [-0.15, -0.1) is 0 Å². The van der Waals surface area contributed by atoms with Gasteiger partial charge < -0.3 is 0 Å². The van der Waals surface area contributed by atoms with Crippen molar-refractivity contribution in [2.75, 3.05) is 0 Å². The lowest BCUT2D eigenvalue weighted by Crippen LogP contribution is -1.95. The van der Waals surface area contributed by atoms with Crippen LogP contribution in [0.25, 0.3) is 60.6 Å². The first-order valence-corrected chi connectivity index (χ1v) is 12.2. The first kappa shape index (κ1) is 17.9. The normalized spacial score (nSPS) is 13.5. The molecule has 0 atom stereocenters. The van der Waals surface area contributed by atoms with E-state index in [2.05, 4.69) is 88.2 Å². The van der Waals surface area contributed by atoms with Gasteiger partial charge in [-0.3, -0.25) is 9.38 Å². The van der Waals surface area contributed by atoms with Gasteiger partial charge in [0.15, 0.2) is 0 Å². The van der Waals surface area contributed by atoms with E-state index in [0.717, 1.165) is 35.0 Å². The summed E-state index contributed by atoms with van der Waals surface area (Å²) in [6.07, 6.45) is 5.91. The van der Waals surface area contributed by atoms with Gasteiger partial charge in [0.05, 0.1) is 16.6 Å². The van der Waals surface area contributed by atoms with Crippen molar-refractivity contribution in [1.29, 1.82) is 0 Å². The monoisotopic (exact) mass is 445 g/mol. The predicted molar refractivity (Wildman–Crippen MR) is 142 cm³/mol. The second kappa shape index (κ2) is 6.13. The molecule has 4 aromatic carbocycles. The lowest BCUT2D eigenvalue weighted by atomic mass is 9.96. The highest BCUT2D eigenvalue weighted by Gasteiger charge is 2.29. The van der Waals surface area contributed by atoms with Gasteiger partial charge in [0.25, 0.3) is 0 Å². The molecule has 0 saturated heterocycles. The van der Waals surface area contributed by atoms with Crippen LogP contribution < -0.4 is 0 Å². The van der Waals surface area contributed by atoms with Crippen LogP contribution in [0.3, 0.4) is 0 Å². The molecule has 0 aliphatic heterocycles. The van der Waals surface area contributed by atoms with E-state index in [-0.39, 0.29) is 0 Å². The molecular formula is C32H19N3. The summed E-state index contributed by atoms with van der Waals surface area (Å²) in [6.45, 7) is 0. The fraction of sp³-hybridized carbons (Fsp3) is 0.0625. The fourth-order valence-electron chi connectivity index (χ4n) is 6.71. The molecule has 0 N–H and O–H groups in total. The maximum absolute atomic E-state index is 5.10. The Labute approximate surface area is 201 Å². The Bertz CT molecular complexity index is 2060. The molecule has 162 valence electrons. The van der Waals surface area contributed by atoms with Crippen LogP contribution >= 0.6 is 0 Å². The molecule has 0 fully saturated rings. The topological polar surface area (TPSA) is 30.2 Å². The molecule has 3 heterocycles. The number of nitrogens with zero attached hydrogens (tertiary/aromatic N) is 3. The van der Waals surface area contributed by atoms with Gasteiger partial charge in [-0.1, -0.05) is 54.6 Å². The second-order valence-corrected chi connectivity index (χ2v) is 9.80. The van der Waals surface area contributed by atoms with Crippen molar-refractivity contribution in [2.45, 2.75) is 12.8 Å². The number of imidazole rings is 1. The number of para-hydroxylation sites is 2. The highest BCUT2D eigenvalue weighted by molar-refractivity contribution is 6.17. The van der Waals surface area contributed by atoms with Crippen LogP contribution in [0.2, 0.25) is 0 Å². The molecule has 0 spiro atoms. The number of rotatable bonds is 0. The molecule has 9 rings (SSSR count). The van der Waals surface area contributed by atoms with Crippen molar-refractivity contribution in [3.05, 3.63) is 114 Å². The van der Waals surface area contributed by atoms with Gasteiger partial charge in [-0.05, 0) is 81.6 Å². The first-order valence-electron chi connectivity index (χ1n) is 12.2. The molecule has 35 heavy (non-hydrogen) atoms. The Kier molecular flexibility index (Phi) is 3.14. The number of benzene rings is 4. The van der Waals surface area contributed by atoms with Crippen molar-refractivity contribution in [2.24, 2.45) is 0 Å². The average Bonchev–Trinajstić information content (AvgIpc) is 3.59. The van der Waals surface area contributed by atoms with Crippen LogP contribution in [0, 0.1) is 0 Å². The predicted octanol–water partition coefficient (Wildman–Crippen LogP) is 7.33. The number of fused-ring (bicyclic) bond motifs is 16. The van der Waals surface area contributed by atoms with Gasteiger partial charge in [0, 0.05) is 28.6 Å². The van der Waals surface area contributed by atoms with Crippen molar-refractivity contribution in [3.8, 4) is 22.3 Å². The lowest BCUT2D eigenvalue weighted by molar-refractivity contribution is 1.17. The van der Waals surface area contributed by atoms with Crippen LogP contribution in [-0.4, -0.2) is 14.4 Å². The number of pyridine rings is 2. The summed E-state index contributed by atoms with van der Waals surface area (Å²) >= 11 is 0. The maximum Gasteiger partial charge on any atom is 0.146 e. The summed E-state index contributed by atoms with van der Waals surface area (Å²) in [6, 6.07) is 28.7. The molecule has 2 aliphatic rings. The highest BCUT2D eigenvalue weighted by atomic mass is 15.0. The van der Waals surface area contributed by atoms with Crippen molar-refractivity contribution >= 4 is 38.4 Å². The van der Waals surface area contributed by atoms with E-state index >= 15 is 0 Å². The minimum atomic E-state index is 0.958. The van der Waals surface area contributed by atoms with E-state index < -0.39 is 0 Å². The Balaban J connectivity index is 1.39. The second-order valence-electron chi connectivity index (χ2n) is 9.80. The number of hydrogen-bond donors (Lipinski definition) is 0. The summed E-state index contributed by atoms with van der Waals surface area (Å²) in [5.74, 6) is 0. The average molecular weight is 446 g/mol. The molecule has 7 aromatic rings. The van der Waals surface area contributed by atoms with E-state index in [0.29, 0.717) is 0 Å². The summed E-state index contributed by atoms with van der Waals surface area (Å²) in [4.78, 5) is 9.66. The van der Waals surface area contributed by atoms with E-state index in [9.17, 15) is 0 Å². The summed E-state index contributed by atoms with van der Waals surface area (Å²) in [7, 11) is 0. The zero-order valence-corrected chi connectivity index (χ0v) is 18.9. The zero-order valence-electron chi connectivity index (χ0n) is 18.9. The van der Waals surface area contributed by atoms with E-state index in [1.54, 1.807) is 0 Å². The Hall–Kier alpha value is -4.50. The molecule has 0 bridgehead atoms. The molecule has 0 saturated carbocycles. The van der Waals surface area contributed by atoms with E-state index in [4.69, 9.17) is 4.98 Å². The van der Waals surface area contributed by atoms with Gasteiger partial charge in [0.1, 0.15) is 5.65 Å². The summed E-state index contributed by atoms with van der Waals surface area (Å²) in [5.41, 5.74) is 15.8. The standard InChI is InChI=1S/C32H19N3/c1-2-6-19-18(5-1)15-24-20(19)9-10-21-22-11-12-23-31(26(22)16-25(21)24)27-17-33-14-13-29(27)35-30-8-4-3-7-28(30)34-32(23)35/h1-14,17H,15-16H2. The smallest absolute Gasteiger partial charge is 0.146 e. The van der Waals surface area contributed by atoms with Crippen LogP contribution in [0.5, 0.6) is 0 Å². The highest BCUT2D eigenvalue weighted by Crippen LogP contribution is 2.49. The SMILES string of the molecule is c1ccc2c(c1)Cc1c-2ccc2c1Cc1c-2ccc2c1c1cnccc1n1c3ccccc3nc21. The largest absolute Gasteiger partial charge is 0.292 e. The summed E-state index contributed by atoms with van der Waals surface area (Å²) in [5, 5.41) is 3.70. The third-order valence-corrected chi connectivity index (χ3v) is 8.17. The molecule has 0 unspecified atom stereocenters. The van der Waals surface area contributed by atoms with Crippen LogP contribution in [0.4, 0.5) is 0 Å². The maximum atomic E-state index is 5.10. The van der Waals surface area contributed by atoms with Gasteiger partial charge >= 0.3 is 0 Å². The van der Waals surface area contributed by atoms with Gasteiger partial charge in [-0.2, -0.15) is 0 Å². The minimum absolute atomic E-state index is 0.958. The minimum Gasteiger partial charge on any atom is -0.292 e. The zero-order chi connectivity index (χ0) is 22.7. The first-order chi connectivity index (χ1) is 17.4. The Morgan fingerprint density at radius 3 is 2.34 bits per heavy atom. The van der Waals surface area contributed by atoms with Crippen molar-refractivity contribution in [1.82, 2.24) is 14.4 Å². The van der Waals surface area contributed by atoms with Crippen LogP contribution in [-0.2, 0) is 12.8 Å². The molecular weight excluding hydrogens is 426 g/mol. The Morgan fingerprint density at radius 2 is 1.37 bits per heavy atom. The Morgan fingerprint density at radius 1 is 0.600 bits per heavy atom. The number of hydrogen-bond acceptors (Lipinski definition) is 2. The molecule has 3 heteroatoms. The quantitative estimate of drug-likeness (QED) is 0.229. The lowest BCUT2D eigenvalue weighted by Gasteiger charge is -2.12. The fourth-order valence-corrected chi connectivity index (χ4v) is 6.71.